The van der Waals surface area contributed by atoms with Gasteiger partial charge in [0, 0.05) is 16.4 Å². The van der Waals surface area contributed by atoms with Gasteiger partial charge in [-0.3, -0.25) is 0 Å². The van der Waals surface area contributed by atoms with Crippen molar-refractivity contribution < 1.29 is 0 Å². The Bertz CT molecular complexity index is 561. The van der Waals surface area contributed by atoms with Gasteiger partial charge in [0.1, 0.15) is 5.82 Å². The molecule has 2 atom stereocenters. The highest BCUT2D eigenvalue weighted by atomic mass is 79.9. The van der Waals surface area contributed by atoms with Gasteiger partial charge in [-0.25, -0.2) is 4.98 Å². The minimum absolute atomic E-state index is 0.348. The highest BCUT2D eigenvalue weighted by Crippen LogP contribution is 2.33. The fraction of sp³-hybridized carbons (Fsp3) is 0.462. The number of halogens is 1. The molecule has 17 heavy (non-hydrogen) atoms. The van der Waals surface area contributed by atoms with Crippen LogP contribution in [-0.2, 0) is 0 Å². The molecule has 3 nitrogen and oxygen atoms in total. The Morgan fingerprint density at radius 2 is 2.24 bits per heavy atom. The lowest BCUT2D eigenvalue weighted by Gasteiger charge is -2.04. The number of aromatic nitrogens is 2. The van der Waals surface area contributed by atoms with E-state index in [0.29, 0.717) is 12.0 Å². The molecule has 0 spiro atoms. The van der Waals surface area contributed by atoms with Crippen LogP contribution in [0.2, 0.25) is 0 Å². The zero-order valence-electron chi connectivity index (χ0n) is 9.83. The van der Waals surface area contributed by atoms with Crippen molar-refractivity contribution in [1.82, 2.24) is 9.97 Å². The summed E-state index contributed by atoms with van der Waals surface area (Å²) in [5.74, 6) is 1.62. The van der Waals surface area contributed by atoms with E-state index in [1.807, 2.05) is 0 Å². The Hall–Kier alpha value is -0.870. The first-order valence-corrected chi connectivity index (χ1v) is 6.84. The maximum absolute atomic E-state index is 5.96. The lowest BCUT2D eigenvalue weighted by molar-refractivity contribution is 0.651. The topological polar surface area (TPSA) is 54.7 Å². The summed E-state index contributed by atoms with van der Waals surface area (Å²) in [6.07, 6.45) is 3.33. The molecule has 0 amide bonds. The third-order valence-corrected chi connectivity index (χ3v) is 4.08. The number of rotatable bonds is 1. The minimum Gasteiger partial charge on any atom is -0.342 e. The maximum Gasteiger partial charge on any atom is 0.110 e. The third kappa shape index (κ3) is 2.00. The summed E-state index contributed by atoms with van der Waals surface area (Å²) in [5, 5.41) is 0. The Balaban J connectivity index is 2.04. The molecule has 3 rings (SSSR count). The van der Waals surface area contributed by atoms with Gasteiger partial charge in [-0.05, 0) is 43.9 Å². The minimum atomic E-state index is 0.348. The summed E-state index contributed by atoms with van der Waals surface area (Å²) in [6.45, 7) is 2.10. The first kappa shape index (κ1) is 11.2. The van der Waals surface area contributed by atoms with Crippen molar-refractivity contribution in [1.29, 1.82) is 0 Å². The number of nitrogens with zero attached hydrogens (tertiary/aromatic N) is 1. The van der Waals surface area contributed by atoms with E-state index in [0.717, 1.165) is 40.6 Å². The van der Waals surface area contributed by atoms with Crippen LogP contribution in [0.4, 0.5) is 0 Å². The van der Waals surface area contributed by atoms with E-state index in [9.17, 15) is 0 Å². The Labute approximate surface area is 109 Å². The lowest BCUT2D eigenvalue weighted by Crippen LogP contribution is -2.14. The van der Waals surface area contributed by atoms with Crippen LogP contribution >= 0.6 is 15.9 Å². The molecular weight excluding hydrogens is 278 g/mol. The molecular formula is C13H16BrN3. The number of hydrogen-bond acceptors (Lipinski definition) is 2. The Morgan fingerprint density at radius 3 is 2.94 bits per heavy atom. The molecule has 2 unspecified atom stereocenters. The van der Waals surface area contributed by atoms with E-state index < -0.39 is 0 Å². The van der Waals surface area contributed by atoms with Gasteiger partial charge in [-0.2, -0.15) is 0 Å². The summed E-state index contributed by atoms with van der Waals surface area (Å²) >= 11 is 3.52. The molecule has 1 aliphatic rings. The van der Waals surface area contributed by atoms with Crippen molar-refractivity contribution in [3.63, 3.8) is 0 Å². The normalized spacial score (nSPS) is 24.6. The smallest absolute Gasteiger partial charge is 0.110 e. The number of fused-ring (bicyclic) bond motifs is 1. The fourth-order valence-corrected chi connectivity index (χ4v) is 3.30. The predicted octanol–water partition coefficient (Wildman–Crippen LogP) is 3.23. The number of aryl methyl sites for hydroxylation is 1. The molecule has 2 aromatic rings. The van der Waals surface area contributed by atoms with Crippen molar-refractivity contribution in [2.75, 3.05) is 0 Å². The van der Waals surface area contributed by atoms with Crippen LogP contribution in [0.15, 0.2) is 16.6 Å². The van der Waals surface area contributed by atoms with Gasteiger partial charge in [0.15, 0.2) is 0 Å². The quantitative estimate of drug-likeness (QED) is 0.848. The van der Waals surface area contributed by atoms with Crippen LogP contribution < -0.4 is 5.73 Å². The summed E-state index contributed by atoms with van der Waals surface area (Å²) in [6, 6.07) is 4.54. The number of imidazole rings is 1. The zero-order valence-corrected chi connectivity index (χ0v) is 11.4. The van der Waals surface area contributed by atoms with Crippen molar-refractivity contribution >= 4 is 27.0 Å². The largest absolute Gasteiger partial charge is 0.342 e. The number of nitrogens with one attached hydrogen (secondary N) is 1. The first-order chi connectivity index (χ1) is 8.13. The summed E-state index contributed by atoms with van der Waals surface area (Å²) in [4.78, 5) is 8.18. The van der Waals surface area contributed by atoms with Gasteiger partial charge >= 0.3 is 0 Å². The lowest BCUT2D eigenvalue weighted by atomic mass is 10.1. The highest BCUT2D eigenvalue weighted by Gasteiger charge is 2.25. The Kier molecular flexibility index (Phi) is 2.71. The molecule has 4 heteroatoms. The number of aromatic amines is 1. The second kappa shape index (κ2) is 4.10. The molecule has 1 fully saturated rings. The molecule has 3 N–H and O–H groups in total. The summed E-state index contributed by atoms with van der Waals surface area (Å²) in [5.41, 5.74) is 9.37. The van der Waals surface area contributed by atoms with Gasteiger partial charge in [-0.1, -0.05) is 15.9 Å². The molecule has 0 radical (unpaired) electrons. The molecule has 1 saturated carbocycles. The number of H-pyrrole nitrogens is 1. The van der Waals surface area contributed by atoms with Crippen LogP contribution in [0.25, 0.3) is 11.0 Å². The fourth-order valence-electron chi connectivity index (χ4n) is 2.72. The van der Waals surface area contributed by atoms with Gasteiger partial charge in [0.05, 0.1) is 11.0 Å². The van der Waals surface area contributed by atoms with E-state index in [-0.39, 0.29) is 0 Å². The van der Waals surface area contributed by atoms with E-state index in [2.05, 4.69) is 40.0 Å². The second-order valence-corrected chi connectivity index (χ2v) is 5.93. The number of nitrogens with two attached hydrogens (primary N) is 1. The van der Waals surface area contributed by atoms with Crippen LogP contribution in [0.5, 0.6) is 0 Å². The molecule has 1 aromatic carbocycles. The molecule has 0 bridgehead atoms. The second-order valence-electron chi connectivity index (χ2n) is 5.01. The summed E-state index contributed by atoms with van der Waals surface area (Å²) < 4.78 is 1.10. The van der Waals surface area contributed by atoms with Crippen molar-refractivity contribution in [3.8, 4) is 0 Å². The van der Waals surface area contributed by atoms with Gasteiger partial charge in [0.2, 0.25) is 0 Å². The third-order valence-electron chi connectivity index (χ3n) is 3.62. The molecule has 0 aliphatic heterocycles. The van der Waals surface area contributed by atoms with E-state index >= 15 is 0 Å². The molecule has 1 heterocycles. The van der Waals surface area contributed by atoms with Crippen LogP contribution in [0.3, 0.4) is 0 Å². The van der Waals surface area contributed by atoms with Gasteiger partial charge in [0.25, 0.3) is 0 Å². The van der Waals surface area contributed by atoms with Crippen molar-refractivity contribution in [3.05, 3.63) is 28.0 Å². The van der Waals surface area contributed by atoms with Gasteiger partial charge < -0.3 is 10.7 Å². The zero-order chi connectivity index (χ0) is 12.0. The highest BCUT2D eigenvalue weighted by molar-refractivity contribution is 9.10. The average molecular weight is 294 g/mol. The monoisotopic (exact) mass is 293 g/mol. The van der Waals surface area contributed by atoms with Crippen LogP contribution in [-0.4, -0.2) is 16.0 Å². The first-order valence-electron chi connectivity index (χ1n) is 6.05. The molecule has 1 aliphatic carbocycles. The van der Waals surface area contributed by atoms with Crippen molar-refractivity contribution in [2.45, 2.75) is 38.1 Å². The average Bonchev–Trinajstić information content (AvgIpc) is 2.83. The molecule has 0 saturated heterocycles. The SMILES string of the molecule is Cc1cc(Br)cc2[nH]c(C3CCC(N)C3)nc12. The molecule has 90 valence electrons. The maximum atomic E-state index is 5.96. The molecule has 1 aromatic heterocycles. The van der Waals surface area contributed by atoms with Gasteiger partial charge in [-0.15, -0.1) is 0 Å². The van der Waals surface area contributed by atoms with Crippen LogP contribution in [0.1, 0.15) is 36.6 Å². The van der Waals surface area contributed by atoms with Crippen molar-refractivity contribution in [2.24, 2.45) is 5.73 Å². The summed E-state index contributed by atoms with van der Waals surface area (Å²) in [7, 11) is 0. The van der Waals surface area contributed by atoms with E-state index in [4.69, 9.17) is 10.7 Å². The van der Waals surface area contributed by atoms with E-state index in [1.54, 1.807) is 0 Å². The predicted molar refractivity (Wildman–Crippen MR) is 73.1 cm³/mol. The number of hydrogen-bond donors (Lipinski definition) is 2. The van der Waals surface area contributed by atoms with Crippen LogP contribution in [0, 0.1) is 6.92 Å². The van der Waals surface area contributed by atoms with E-state index in [1.165, 1.54) is 5.56 Å². The Morgan fingerprint density at radius 1 is 1.41 bits per heavy atom. The standard InChI is InChI=1S/C13H16BrN3/c1-7-4-9(14)6-11-12(7)17-13(16-11)8-2-3-10(15)5-8/h4,6,8,10H,2-3,5,15H2,1H3,(H,16,17). The number of benzene rings is 1.